The highest BCUT2D eigenvalue weighted by Gasteiger charge is 2.18. The zero-order valence-corrected chi connectivity index (χ0v) is 8.92. The fourth-order valence-electron chi connectivity index (χ4n) is 1.53. The van der Waals surface area contributed by atoms with Gasteiger partial charge in [-0.05, 0) is 39.8 Å². The summed E-state index contributed by atoms with van der Waals surface area (Å²) in [5.41, 5.74) is 0. The van der Waals surface area contributed by atoms with Gasteiger partial charge in [-0.2, -0.15) is 0 Å². The summed E-state index contributed by atoms with van der Waals surface area (Å²) in [6, 6.07) is 0.315. The molecule has 1 rings (SSSR count). The normalized spacial score (nSPS) is 18.2. The molecule has 1 aliphatic rings. The topological polar surface area (TPSA) is 23.6 Å². The molecule has 1 amide bonds. The smallest absolute Gasteiger partial charge is 0.236 e. The van der Waals surface area contributed by atoms with Crippen molar-refractivity contribution in [1.29, 1.82) is 0 Å². The molecule has 0 bridgehead atoms. The maximum atomic E-state index is 11.6. The lowest BCUT2D eigenvalue weighted by Crippen LogP contribution is -2.40. The monoisotopic (exact) mass is 184 g/mol. The largest absolute Gasteiger partial charge is 0.342 e. The van der Waals surface area contributed by atoms with Gasteiger partial charge < -0.3 is 4.90 Å². The molecule has 0 aromatic heterocycles. The molecule has 1 heterocycles. The molecular formula is C10H20N2O. The summed E-state index contributed by atoms with van der Waals surface area (Å²) in [6.45, 7) is 6.88. The van der Waals surface area contributed by atoms with E-state index < -0.39 is 0 Å². The zero-order chi connectivity index (χ0) is 9.84. The molecule has 1 saturated heterocycles. The molecule has 3 heteroatoms. The van der Waals surface area contributed by atoms with Gasteiger partial charge in [-0.3, -0.25) is 9.69 Å². The van der Waals surface area contributed by atoms with Crippen LogP contribution in [0, 0.1) is 0 Å². The van der Waals surface area contributed by atoms with Crippen molar-refractivity contribution in [3.05, 3.63) is 0 Å². The van der Waals surface area contributed by atoms with E-state index >= 15 is 0 Å². The van der Waals surface area contributed by atoms with Crippen molar-refractivity contribution in [3.8, 4) is 0 Å². The van der Waals surface area contributed by atoms with E-state index in [0.717, 1.165) is 13.1 Å². The highest BCUT2D eigenvalue weighted by molar-refractivity contribution is 5.78. The van der Waals surface area contributed by atoms with Crippen molar-refractivity contribution in [1.82, 2.24) is 9.80 Å². The highest BCUT2D eigenvalue weighted by atomic mass is 16.2. The quantitative estimate of drug-likeness (QED) is 0.652. The first kappa shape index (κ1) is 10.5. The van der Waals surface area contributed by atoms with Crippen molar-refractivity contribution < 1.29 is 4.79 Å². The Morgan fingerprint density at radius 1 is 1.38 bits per heavy atom. The van der Waals surface area contributed by atoms with E-state index in [1.165, 1.54) is 12.8 Å². The van der Waals surface area contributed by atoms with Gasteiger partial charge in [0.1, 0.15) is 0 Å². The molecule has 0 unspecified atom stereocenters. The van der Waals surface area contributed by atoms with Crippen molar-refractivity contribution in [2.75, 3.05) is 26.7 Å². The van der Waals surface area contributed by atoms with E-state index in [1.54, 1.807) is 0 Å². The molecule has 0 radical (unpaired) electrons. The van der Waals surface area contributed by atoms with Crippen LogP contribution in [-0.4, -0.2) is 48.4 Å². The third-order valence-electron chi connectivity index (χ3n) is 2.73. The molecule has 1 fully saturated rings. The van der Waals surface area contributed by atoms with Crippen molar-refractivity contribution in [2.45, 2.75) is 32.7 Å². The molecule has 0 aromatic carbocycles. The van der Waals surface area contributed by atoms with Crippen LogP contribution in [0.1, 0.15) is 26.7 Å². The second-order valence-corrected chi connectivity index (χ2v) is 4.08. The number of likely N-dealkylation sites (tertiary alicyclic amines) is 1. The van der Waals surface area contributed by atoms with Crippen LogP contribution in [0.3, 0.4) is 0 Å². The SMILES string of the molecule is CC(C)N(C)C(=O)CN1CCCC1. The van der Waals surface area contributed by atoms with Crippen LogP contribution in [0.2, 0.25) is 0 Å². The molecule has 0 N–H and O–H groups in total. The number of likely N-dealkylation sites (N-methyl/N-ethyl adjacent to an activating group) is 1. The molecule has 3 nitrogen and oxygen atoms in total. The molecule has 1 aliphatic heterocycles. The first-order valence-corrected chi connectivity index (χ1v) is 5.09. The molecule has 0 spiro atoms. The van der Waals surface area contributed by atoms with E-state index in [0.29, 0.717) is 12.6 Å². The number of hydrogen-bond donors (Lipinski definition) is 0. The Bertz CT molecular complexity index is 174. The van der Waals surface area contributed by atoms with E-state index in [9.17, 15) is 4.79 Å². The second-order valence-electron chi connectivity index (χ2n) is 4.08. The van der Waals surface area contributed by atoms with Gasteiger partial charge in [0.25, 0.3) is 0 Å². The predicted molar refractivity (Wildman–Crippen MR) is 53.6 cm³/mol. The Kier molecular flexibility index (Phi) is 3.72. The van der Waals surface area contributed by atoms with Crippen LogP contribution >= 0.6 is 0 Å². The fourth-order valence-corrected chi connectivity index (χ4v) is 1.53. The van der Waals surface area contributed by atoms with E-state index in [4.69, 9.17) is 0 Å². The standard InChI is InChI=1S/C10H20N2O/c1-9(2)11(3)10(13)8-12-6-4-5-7-12/h9H,4-8H2,1-3H3. The van der Waals surface area contributed by atoms with Crippen molar-refractivity contribution in [2.24, 2.45) is 0 Å². The van der Waals surface area contributed by atoms with Crippen LogP contribution < -0.4 is 0 Å². The van der Waals surface area contributed by atoms with E-state index in [1.807, 2.05) is 25.8 Å². The van der Waals surface area contributed by atoms with Crippen LogP contribution in [0.15, 0.2) is 0 Å². The maximum absolute atomic E-state index is 11.6. The first-order valence-electron chi connectivity index (χ1n) is 5.09. The van der Waals surface area contributed by atoms with Gasteiger partial charge in [0.2, 0.25) is 5.91 Å². The summed E-state index contributed by atoms with van der Waals surface area (Å²) < 4.78 is 0. The van der Waals surface area contributed by atoms with Crippen LogP contribution in [0.25, 0.3) is 0 Å². The number of amides is 1. The number of carbonyl (C=O) groups excluding carboxylic acids is 1. The van der Waals surface area contributed by atoms with Gasteiger partial charge in [-0.1, -0.05) is 0 Å². The van der Waals surface area contributed by atoms with E-state index in [2.05, 4.69) is 4.90 Å². The first-order chi connectivity index (χ1) is 6.11. The van der Waals surface area contributed by atoms with Crippen molar-refractivity contribution >= 4 is 5.91 Å². The van der Waals surface area contributed by atoms with Gasteiger partial charge in [0.05, 0.1) is 6.54 Å². The summed E-state index contributed by atoms with van der Waals surface area (Å²) >= 11 is 0. The minimum atomic E-state index is 0.247. The Hall–Kier alpha value is -0.570. The second kappa shape index (κ2) is 4.61. The average molecular weight is 184 g/mol. The lowest BCUT2D eigenvalue weighted by atomic mass is 10.3. The van der Waals surface area contributed by atoms with Crippen molar-refractivity contribution in [3.63, 3.8) is 0 Å². The third-order valence-corrected chi connectivity index (χ3v) is 2.73. The number of hydrogen-bond acceptors (Lipinski definition) is 2. The Balaban J connectivity index is 2.31. The predicted octanol–water partition coefficient (Wildman–Crippen LogP) is 0.949. The minimum absolute atomic E-state index is 0.247. The van der Waals surface area contributed by atoms with Gasteiger partial charge in [-0.15, -0.1) is 0 Å². The van der Waals surface area contributed by atoms with Crippen LogP contribution in [0.5, 0.6) is 0 Å². The summed E-state index contributed by atoms with van der Waals surface area (Å²) in [6.07, 6.45) is 2.50. The molecule has 13 heavy (non-hydrogen) atoms. The minimum Gasteiger partial charge on any atom is -0.342 e. The molecular weight excluding hydrogens is 164 g/mol. The summed E-state index contributed by atoms with van der Waals surface area (Å²) in [5.74, 6) is 0.247. The molecule has 0 atom stereocenters. The maximum Gasteiger partial charge on any atom is 0.236 e. The lowest BCUT2D eigenvalue weighted by Gasteiger charge is -2.24. The zero-order valence-electron chi connectivity index (χ0n) is 8.92. The van der Waals surface area contributed by atoms with Gasteiger partial charge >= 0.3 is 0 Å². The van der Waals surface area contributed by atoms with Crippen LogP contribution in [0.4, 0.5) is 0 Å². The lowest BCUT2D eigenvalue weighted by molar-refractivity contribution is -0.132. The summed E-state index contributed by atoms with van der Waals surface area (Å²) in [5, 5.41) is 0. The van der Waals surface area contributed by atoms with Gasteiger partial charge in [-0.25, -0.2) is 0 Å². The third kappa shape index (κ3) is 2.99. The number of carbonyl (C=O) groups is 1. The molecule has 0 aromatic rings. The number of rotatable bonds is 3. The Morgan fingerprint density at radius 3 is 2.38 bits per heavy atom. The Morgan fingerprint density at radius 2 is 1.92 bits per heavy atom. The molecule has 76 valence electrons. The fraction of sp³-hybridized carbons (Fsp3) is 0.900. The summed E-state index contributed by atoms with van der Waals surface area (Å²) in [7, 11) is 1.88. The Labute approximate surface area is 80.7 Å². The number of nitrogens with zero attached hydrogens (tertiary/aromatic N) is 2. The van der Waals surface area contributed by atoms with Crippen LogP contribution in [-0.2, 0) is 4.79 Å². The molecule has 0 aliphatic carbocycles. The van der Waals surface area contributed by atoms with E-state index in [-0.39, 0.29) is 5.91 Å². The highest BCUT2D eigenvalue weighted by Crippen LogP contribution is 2.07. The summed E-state index contributed by atoms with van der Waals surface area (Å²) in [4.78, 5) is 15.7. The average Bonchev–Trinajstić information content (AvgIpc) is 2.55. The van der Waals surface area contributed by atoms with Gasteiger partial charge in [0, 0.05) is 13.1 Å². The van der Waals surface area contributed by atoms with Gasteiger partial charge in [0.15, 0.2) is 0 Å². The molecule has 0 saturated carbocycles.